The summed E-state index contributed by atoms with van der Waals surface area (Å²) in [6.45, 7) is 1.51. The lowest BCUT2D eigenvalue weighted by Crippen LogP contribution is -2.34. The molecule has 4 rings (SSSR count). The van der Waals surface area contributed by atoms with Crippen LogP contribution >= 0.6 is 11.6 Å². The molecule has 1 unspecified atom stereocenters. The Balaban J connectivity index is 1.83. The van der Waals surface area contributed by atoms with E-state index in [1.807, 2.05) is 24.3 Å². The first-order valence-electron chi connectivity index (χ1n) is 10.1. The van der Waals surface area contributed by atoms with Crippen LogP contribution < -0.4 is 15.4 Å². The Morgan fingerprint density at radius 1 is 1.26 bits per heavy atom. The number of nitrogens with two attached hydrogens (primary N) is 1. The van der Waals surface area contributed by atoms with Gasteiger partial charge in [0.1, 0.15) is 11.8 Å². The Morgan fingerprint density at radius 2 is 2.10 bits per heavy atom. The number of fused-ring (bicyclic) bond motifs is 1. The van der Waals surface area contributed by atoms with Crippen molar-refractivity contribution < 1.29 is 9.47 Å². The van der Waals surface area contributed by atoms with Gasteiger partial charge in [-0.3, -0.25) is 0 Å². The molecule has 1 saturated heterocycles. The third-order valence-electron chi connectivity index (χ3n) is 5.76. The molecule has 0 bridgehead atoms. The minimum Gasteiger partial charge on any atom is -0.495 e. The summed E-state index contributed by atoms with van der Waals surface area (Å²) in [7, 11) is 3.29. The predicted molar refractivity (Wildman–Crippen MR) is 122 cm³/mol. The van der Waals surface area contributed by atoms with Gasteiger partial charge in [0.2, 0.25) is 0 Å². The van der Waals surface area contributed by atoms with Gasteiger partial charge in [-0.2, -0.15) is 10.4 Å². The van der Waals surface area contributed by atoms with E-state index in [1.165, 1.54) is 0 Å². The number of ether oxygens (including phenoxy) is 2. The molecule has 31 heavy (non-hydrogen) atoms. The highest BCUT2D eigenvalue weighted by atomic mass is 35.5. The second-order valence-corrected chi connectivity index (χ2v) is 8.03. The quantitative estimate of drug-likeness (QED) is 0.583. The Kier molecular flexibility index (Phi) is 6.12. The molecule has 0 aliphatic carbocycles. The number of nitriles is 1. The summed E-state index contributed by atoms with van der Waals surface area (Å²) in [5.74, 6) is 1.39. The summed E-state index contributed by atoms with van der Waals surface area (Å²) >= 11 is 6.30. The lowest BCUT2D eigenvalue weighted by Gasteiger charge is -2.26. The maximum Gasteiger partial charge on any atom is 0.159 e. The zero-order chi connectivity index (χ0) is 22.0. The SMILES string of the molecule is COCC1CCCN1c1nnc(Cc2ccc(OC)c(Cl)c2)c2c(N)c(C#N)ccc12. The van der Waals surface area contributed by atoms with Gasteiger partial charge < -0.3 is 20.1 Å². The van der Waals surface area contributed by atoms with Crippen LogP contribution in [0.5, 0.6) is 5.75 Å². The standard InChI is InChI=1S/C23H24ClN5O2/c1-30-13-16-4-3-9-29(16)23-17-7-6-15(12-25)22(26)21(17)19(27-28-23)11-14-5-8-20(31-2)18(24)10-14/h5-8,10,16H,3-4,9,11,13,26H2,1-2H3. The molecule has 1 aromatic heterocycles. The first-order valence-corrected chi connectivity index (χ1v) is 10.5. The van der Waals surface area contributed by atoms with Crippen molar-refractivity contribution in [2.45, 2.75) is 25.3 Å². The Bertz CT molecular complexity index is 1160. The van der Waals surface area contributed by atoms with E-state index in [0.29, 0.717) is 40.7 Å². The Hall–Kier alpha value is -3.08. The van der Waals surface area contributed by atoms with Crippen molar-refractivity contribution in [1.82, 2.24) is 10.2 Å². The fourth-order valence-electron chi connectivity index (χ4n) is 4.26. The molecule has 2 heterocycles. The second kappa shape index (κ2) is 8.96. The van der Waals surface area contributed by atoms with E-state index < -0.39 is 0 Å². The fourth-order valence-corrected chi connectivity index (χ4v) is 4.54. The molecule has 8 heteroatoms. The van der Waals surface area contributed by atoms with Crippen LogP contribution in [-0.2, 0) is 11.2 Å². The number of hydrogen-bond acceptors (Lipinski definition) is 7. The molecule has 1 atom stereocenters. The number of aromatic nitrogens is 2. The van der Waals surface area contributed by atoms with Gasteiger partial charge in [-0.05, 0) is 42.7 Å². The lowest BCUT2D eigenvalue weighted by atomic mass is 10.00. The van der Waals surface area contributed by atoms with Crippen molar-refractivity contribution in [1.29, 1.82) is 5.26 Å². The zero-order valence-electron chi connectivity index (χ0n) is 17.6. The van der Waals surface area contributed by atoms with Crippen LogP contribution in [0.3, 0.4) is 0 Å². The number of hydrogen-bond donors (Lipinski definition) is 1. The number of nitrogen functional groups attached to an aromatic ring is 1. The van der Waals surface area contributed by atoms with E-state index in [4.69, 9.17) is 26.8 Å². The molecule has 1 aliphatic heterocycles. The third kappa shape index (κ3) is 3.97. The number of anilines is 2. The minimum atomic E-state index is 0.241. The molecule has 0 amide bonds. The highest BCUT2D eigenvalue weighted by Crippen LogP contribution is 2.36. The van der Waals surface area contributed by atoms with E-state index in [9.17, 15) is 5.26 Å². The lowest BCUT2D eigenvalue weighted by molar-refractivity contribution is 0.180. The average molecular weight is 438 g/mol. The van der Waals surface area contributed by atoms with E-state index >= 15 is 0 Å². The molecule has 160 valence electrons. The monoisotopic (exact) mass is 437 g/mol. The molecular weight excluding hydrogens is 414 g/mol. The summed E-state index contributed by atoms with van der Waals surface area (Å²) in [6, 6.07) is 11.7. The van der Waals surface area contributed by atoms with Crippen molar-refractivity contribution in [2.75, 3.05) is 38.0 Å². The number of rotatable bonds is 6. The van der Waals surface area contributed by atoms with Crippen LogP contribution in [-0.4, -0.2) is 43.6 Å². The molecule has 1 fully saturated rings. The van der Waals surface area contributed by atoms with Gasteiger partial charge in [0, 0.05) is 30.8 Å². The van der Waals surface area contributed by atoms with Gasteiger partial charge in [-0.25, -0.2) is 0 Å². The normalized spacial score (nSPS) is 15.9. The van der Waals surface area contributed by atoms with Gasteiger partial charge in [-0.1, -0.05) is 17.7 Å². The van der Waals surface area contributed by atoms with E-state index in [0.717, 1.165) is 41.5 Å². The highest BCUT2D eigenvalue weighted by Gasteiger charge is 2.28. The maximum absolute atomic E-state index is 9.52. The van der Waals surface area contributed by atoms with Crippen LogP contribution in [0, 0.1) is 11.3 Å². The summed E-state index contributed by atoms with van der Waals surface area (Å²) < 4.78 is 10.6. The van der Waals surface area contributed by atoms with Crippen molar-refractivity contribution in [2.24, 2.45) is 0 Å². The predicted octanol–water partition coefficient (Wildman–Crippen LogP) is 3.95. The van der Waals surface area contributed by atoms with Gasteiger partial charge in [0.05, 0.1) is 41.7 Å². The molecule has 3 aromatic rings. The number of benzene rings is 2. The number of nitrogens with zero attached hydrogens (tertiary/aromatic N) is 4. The second-order valence-electron chi connectivity index (χ2n) is 7.62. The van der Waals surface area contributed by atoms with Gasteiger partial charge in [0.15, 0.2) is 5.82 Å². The number of halogens is 1. The van der Waals surface area contributed by atoms with Crippen molar-refractivity contribution in [3.63, 3.8) is 0 Å². The van der Waals surface area contributed by atoms with Crippen LogP contribution in [0.1, 0.15) is 29.7 Å². The molecule has 2 aromatic carbocycles. The summed E-state index contributed by atoms with van der Waals surface area (Å²) in [5, 5.41) is 20.9. The maximum atomic E-state index is 9.52. The molecule has 1 aliphatic rings. The van der Waals surface area contributed by atoms with Gasteiger partial charge in [-0.15, -0.1) is 5.10 Å². The van der Waals surface area contributed by atoms with Crippen molar-refractivity contribution in [3.05, 3.63) is 52.2 Å². The molecule has 7 nitrogen and oxygen atoms in total. The van der Waals surface area contributed by atoms with E-state index in [2.05, 4.69) is 21.2 Å². The highest BCUT2D eigenvalue weighted by molar-refractivity contribution is 6.32. The van der Waals surface area contributed by atoms with Gasteiger partial charge in [0.25, 0.3) is 0 Å². The average Bonchev–Trinajstić information content (AvgIpc) is 3.22. The molecule has 0 saturated carbocycles. The molecular formula is C23H24ClN5O2. The van der Waals surface area contributed by atoms with Crippen LogP contribution in [0.4, 0.5) is 11.5 Å². The van der Waals surface area contributed by atoms with E-state index in [1.54, 1.807) is 20.3 Å². The summed E-state index contributed by atoms with van der Waals surface area (Å²) in [4.78, 5) is 2.23. The summed E-state index contributed by atoms with van der Waals surface area (Å²) in [5.41, 5.74) is 8.95. The smallest absolute Gasteiger partial charge is 0.159 e. The number of methoxy groups -OCH3 is 2. The minimum absolute atomic E-state index is 0.241. The Labute approximate surface area is 186 Å². The van der Waals surface area contributed by atoms with Crippen LogP contribution in [0.25, 0.3) is 10.8 Å². The first kappa shape index (κ1) is 21.2. The largest absolute Gasteiger partial charge is 0.495 e. The van der Waals surface area contributed by atoms with Gasteiger partial charge >= 0.3 is 0 Å². The third-order valence-corrected chi connectivity index (χ3v) is 6.05. The van der Waals surface area contributed by atoms with Crippen molar-refractivity contribution in [3.8, 4) is 11.8 Å². The molecule has 0 spiro atoms. The van der Waals surface area contributed by atoms with Crippen LogP contribution in [0.2, 0.25) is 5.02 Å². The Morgan fingerprint density at radius 3 is 2.81 bits per heavy atom. The topological polar surface area (TPSA) is 97.3 Å². The fraction of sp³-hybridized carbons (Fsp3) is 0.348. The van der Waals surface area contributed by atoms with Crippen LogP contribution in [0.15, 0.2) is 30.3 Å². The summed E-state index contributed by atoms with van der Waals surface area (Å²) in [6.07, 6.45) is 2.58. The molecule has 0 radical (unpaired) electrons. The zero-order valence-corrected chi connectivity index (χ0v) is 18.3. The van der Waals surface area contributed by atoms with Crippen molar-refractivity contribution >= 4 is 33.9 Å². The van der Waals surface area contributed by atoms with E-state index in [-0.39, 0.29) is 6.04 Å². The molecule has 2 N–H and O–H groups in total. The first-order chi connectivity index (χ1) is 15.1.